The molecule has 2 heterocycles. The molecule has 0 aliphatic heterocycles. The zero-order valence-electron chi connectivity index (χ0n) is 17.0. The number of fused-ring (bicyclic) bond motifs is 1. The summed E-state index contributed by atoms with van der Waals surface area (Å²) in [5.41, 5.74) is 4.80. The fourth-order valence-corrected chi connectivity index (χ4v) is 5.32. The van der Waals surface area contributed by atoms with E-state index in [1.165, 1.54) is 34.9 Å². The second kappa shape index (κ2) is 9.08. The highest BCUT2D eigenvalue weighted by Crippen LogP contribution is 2.29. The molecule has 4 aromatic rings. The Morgan fingerprint density at radius 3 is 2.74 bits per heavy atom. The van der Waals surface area contributed by atoms with Crippen molar-refractivity contribution in [3.63, 3.8) is 0 Å². The minimum atomic E-state index is -0.0325. The number of carbonyl (C=O) groups is 1. The zero-order valence-corrected chi connectivity index (χ0v) is 18.6. The number of amides is 1. The highest BCUT2D eigenvalue weighted by molar-refractivity contribution is 7.99. The average Bonchev–Trinajstić information content (AvgIpc) is 3.54. The third kappa shape index (κ3) is 4.57. The van der Waals surface area contributed by atoms with Gasteiger partial charge in [-0.2, -0.15) is 0 Å². The molecular weight excluding hydrogens is 424 g/mol. The summed E-state index contributed by atoms with van der Waals surface area (Å²) in [6.07, 6.45) is 3.44. The molecule has 0 atom stereocenters. The van der Waals surface area contributed by atoms with Crippen molar-refractivity contribution < 1.29 is 4.79 Å². The van der Waals surface area contributed by atoms with E-state index in [0.29, 0.717) is 6.54 Å². The number of aryl methyl sites for hydroxylation is 2. The van der Waals surface area contributed by atoms with E-state index < -0.39 is 0 Å². The Morgan fingerprint density at radius 2 is 1.90 bits per heavy atom. The van der Waals surface area contributed by atoms with Crippen LogP contribution in [0, 0.1) is 0 Å². The monoisotopic (exact) mass is 446 g/mol. The predicted molar refractivity (Wildman–Crippen MR) is 127 cm³/mol. The van der Waals surface area contributed by atoms with Gasteiger partial charge in [-0.25, -0.2) is 0 Å². The first kappa shape index (κ1) is 20.0. The van der Waals surface area contributed by atoms with E-state index in [0.717, 1.165) is 34.4 Å². The third-order valence-corrected chi connectivity index (χ3v) is 7.19. The number of rotatable bonds is 7. The summed E-state index contributed by atoms with van der Waals surface area (Å²) >= 11 is 3.06. The molecule has 0 unspecified atom stereocenters. The largest absolute Gasteiger partial charge is 0.325 e. The van der Waals surface area contributed by atoms with Crippen molar-refractivity contribution in [3.05, 3.63) is 82.7 Å². The van der Waals surface area contributed by atoms with Gasteiger partial charge in [0, 0.05) is 5.69 Å². The lowest BCUT2D eigenvalue weighted by Gasteiger charge is -2.10. The number of thioether (sulfide) groups is 1. The number of hydrogen-bond donors (Lipinski definition) is 1. The molecule has 5 nitrogen and oxygen atoms in total. The van der Waals surface area contributed by atoms with Gasteiger partial charge >= 0.3 is 0 Å². The van der Waals surface area contributed by atoms with E-state index in [2.05, 4.69) is 44.3 Å². The smallest absolute Gasteiger partial charge is 0.234 e. The van der Waals surface area contributed by atoms with Gasteiger partial charge in [-0.3, -0.25) is 9.36 Å². The van der Waals surface area contributed by atoms with Crippen molar-refractivity contribution >= 4 is 34.7 Å². The second-order valence-electron chi connectivity index (χ2n) is 7.53. The van der Waals surface area contributed by atoms with Crippen molar-refractivity contribution in [3.8, 4) is 10.7 Å². The van der Waals surface area contributed by atoms with Crippen LogP contribution in [0.2, 0.25) is 0 Å². The Balaban J connectivity index is 1.31. The molecule has 1 N–H and O–H groups in total. The van der Waals surface area contributed by atoms with Gasteiger partial charge in [0.2, 0.25) is 5.91 Å². The number of nitrogens with zero attached hydrogens (tertiary/aromatic N) is 3. The van der Waals surface area contributed by atoms with Crippen molar-refractivity contribution in [1.82, 2.24) is 14.8 Å². The van der Waals surface area contributed by atoms with Gasteiger partial charge in [-0.15, -0.1) is 21.5 Å². The second-order valence-corrected chi connectivity index (χ2v) is 9.42. The summed E-state index contributed by atoms with van der Waals surface area (Å²) in [6, 6.07) is 20.5. The number of thiophene rings is 1. The molecule has 156 valence electrons. The standard InChI is InChI=1S/C24H22N4OS2/c29-22(25-20-12-11-18-8-4-9-19(18)14-20)16-31-24-27-26-23(21-10-5-13-30-21)28(24)15-17-6-2-1-3-7-17/h1-3,5-7,10-14H,4,8-9,15-16H2,(H,25,29). The van der Waals surface area contributed by atoms with Crippen LogP contribution >= 0.6 is 23.1 Å². The molecule has 0 fully saturated rings. The molecule has 2 aromatic carbocycles. The maximum atomic E-state index is 12.6. The summed E-state index contributed by atoms with van der Waals surface area (Å²) < 4.78 is 2.09. The molecule has 0 saturated carbocycles. The molecular formula is C24H22N4OS2. The lowest BCUT2D eigenvalue weighted by atomic mass is 10.1. The van der Waals surface area contributed by atoms with Crippen LogP contribution in [0.4, 0.5) is 5.69 Å². The van der Waals surface area contributed by atoms with Gasteiger partial charge in [-0.1, -0.05) is 54.2 Å². The lowest BCUT2D eigenvalue weighted by molar-refractivity contribution is -0.113. The minimum Gasteiger partial charge on any atom is -0.325 e. The van der Waals surface area contributed by atoms with Gasteiger partial charge in [0.15, 0.2) is 11.0 Å². The molecule has 0 saturated heterocycles. The van der Waals surface area contributed by atoms with Gasteiger partial charge < -0.3 is 5.32 Å². The molecule has 0 bridgehead atoms. The van der Waals surface area contributed by atoms with Crippen LogP contribution in [-0.2, 0) is 24.2 Å². The Labute approximate surface area is 189 Å². The van der Waals surface area contributed by atoms with Crippen LogP contribution < -0.4 is 5.32 Å². The van der Waals surface area contributed by atoms with Gasteiger partial charge in [-0.05, 0) is 59.5 Å². The summed E-state index contributed by atoms with van der Waals surface area (Å²) in [4.78, 5) is 13.7. The number of benzene rings is 2. The van der Waals surface area contributed by atoms with Gasteiger partial charge in [0.25, 0.3) is 0 Å². The van der Waals surface area contributed by atoms with Crippen LogP contribution in [0.3, 0.4) is 0 Å². The van der Waals surface area contributed by atoms with Crippen molar-refractivity contribution in [2.24, 2.45) is 0 Å². The van der Waals surface area contributed by atoms with E-state index in [-0.39, 0.29) is 11.7 Å². The maximum Gasteiger partial charge on any atom is 0.234 e. The molecule has 2 aromatic heterocycles. The summed E-state index contributed by atoms with van der Waals surface area (Å²) in [5.74, 6) is 1.09. The molecule has 1 amide bonds. The maximum absolute atomic E-state index is 12.6. The fraction of sp³-hybridized carbons (Fsp3) is 0.208. The van der Waals surface area contributed by atoms with E-state index in [9.17, 15) is 4.79 Å². The number of aromatic nitrogens is 3. The van der Waals surface area contributed by atoms with E-state index >= 15 is 0 Å². The Morgan fingerprint density at radius 1 is 1.03 bits per heavy atom. The highest BCUT2D eigenvalue weighted by atomic mass is 32.2. The van der Waals surface area contributed by atoms with Gasteiger partial charge in [0.05, 0.1) is 17.2 Å². The topological polar surface area (TPSA) is 59.8 Å². The van der Waals surface area contributed by atoms with E-state index in [4.69, 9.17) is 0 Å². The average molecular weight is 447 g/mol. The molecule has 0 radical (unpaired) electrons. The van der Waals surface area contributed by atoms with Crippen molar-refractivity contribution in [2.75, 3.05) is 11.1 Å². The van der Waals surface area contributed by atoms with Crippen molar-refractivity contribution in [1.29, 1.82) is 0 Å². The summed E-state index contributed by atoms with van der Waals surface area (Å²) in [5, 5.41) is 14.6. The van der Waals surface area contributed by atoms with E-state index in [1.807, 2.05) is 41.8 Å². The predicted octanol–water partition coefficient (Wildman–Crippen LogP) is 5.27. The van der Waals surface area contributed by atoms with Gasteiger partial charge in [0.1, 0.15) is 0 Å². The molecule has 1 aliphatic rings. The number of hydrogen-bond acceptors (Lipinski definition) is 5. The van der Waals surface area contributed by atoms with Crippen LogP contribution in [0.1, 0.15) is 23.1 Å². The number of nitrogens with one attached hydrogen (secondary N) is 1. The van der Waals surface area contributed by atoms with Crippen molar-refractivity contribution in [2.45, 2.75) is 31.0 Å². The Hall–Kier alpha value is -2.90. The first-order valence-electron chi connectivity index (χ1n) is 10.3. The number of anilines is 1. The van der Waals surface area contributed by atoms with Crippen LogP contribution in [0.15, 0.2) is 71.2 Å². The molecule has 7 heteroatoms. The summed E-state index contributed by atoms with van der Waals surface area (Å²) in [7, 11) is 0. The highest BCUT2D eigenvalue weighted by Gasteiger charge is 2.17. The SMILES string of the molecule is O=C(CSc1nnc(-c2cccs2)n1Cc1ccccc1)Nc1ccc2c(c1)CCC2. The fourth-order valence-electron chi connectivity index (χ4n) is 3.87. The van der Waals surface area contributed by atoms with Crippen LogP contribution in [0.25, 0.3) is 10.7 Å². The quantitative estimate of drug-likeness (QED) is 0.393. The van der Waals surface area contributed by atoms with Crippen LogP contribution in [-0.4, -0.2) is 26.4 Å². The molecule has 31 heavy (non-hydrogen) atoms. The van der Waals surface area contributed by atoms with Crippen LogP contribution in [0.5, 0.6) is 0 Å². The third-order valence-electron chi connectivity index (χ3n) is 5.36. The molecule has 0 spiro atoms. The first-order valence-corrected chi connectivity index (χ1v) is 12.2. The minimum absolute atomic E-state index is 0.0325. The zero-order chi connectivity index (χ0) is 21.0. The molecule has 1 aliphatic carbocycles. The number of carbonyl (C=O) groups excluding carboxylic acids is 1. The lowest BCUT2D eigenvalue weighted by Crippen LogP contribution is -2.15. The first-order chi connectivity index (χ1) is 15.3. The Bertz CT molecular complexity index is 1190. The van der Waals surface area contributed by atoms with E-state index in [1.54, 1.807) is 11.3 Å². The normalized spacial score (nSPS) is 12.6. The summed E-state index contributed by atoms with van der Waals surface area (Å²) in [6.45, 7) is 0.663. The molecule has 5 rings (SSSR count). The Kier molecular flexibility index (Phi) is 5.86.